The molecule has 0 unspecified atom stereocenters. The molecule has 1 aliphatic heterocycles. The van der Waals surface area contributed by atoms with Crippen LogP contribution < -0.4 is 22.7 Å². The van der Waals surface area contributed by atoms with Gasteiger partial charge in [0.15, 0.2) is 6.23 Å². The molecular formula is C10H14N4O7. The quantitative estimate of drug-likeness (QED) is 0.323. The van der Waals surface area contributed by atoms with E-state index in [-0.39, 0.29) is 0 Å². The fourth-order valence-corrected chi connectivity index (χ4v) is 2.15. The molecule has 4 atom stereocenters. The van der Waals surface area contributed by atoms with Crippen LogP contribution in [0.15, 0.2) is 9.59 Å². The molecule has 1 aromatic rings. The fraction of sp³-hybridized carbons (Fsp3) is 0.500. The van der Waals surface area contributed by atoms with Gasteiger partial charge in [-0.05, 0) is 0 Å². The van der Waals surface area contributed by atoms with Crippen LogP contribution in [0.4, 0.5) is 5.82 Å². The highest BCUT2D eigenvalue weighted by molar-refractivity contribution is 5.96. The molecule has 11 nitrogen and oxygen atoms in total. The molecule has 0 bridgehead atoms. The van der Waals surface area contributed by atoms with Crippen molar-refractivity contribution in [1.29, 1.82) is 0 Å². The van der Waals surface area contributed by atoms with Gasteiger partial charge in [-0.15, -0.1) is 0 Å². The molecule has 0 saturated carbocycles. The van der Waals surface area contributed by atoms with Gasteiger partial charge in [0.2, 0.25) is 0 Å². The molecule has 1 aliphatic rings. The van der Waals surface area contributed by atoms with E-state index in [9.17, 15) is 24.6 Å². The lowest BCUT2D eigenvalue weighted by Crippen LogP contribution is -2.42. The number of rotatable bonds is 3. The Bertz CT molecular complexity index is 681. The highest BCUT2D eigenvalue weighted by Crippen LogP contribution is 2.29. The molecule has 21 heavy (non-hydrogen) atoms. The number of amides is 1. The van der Waals surface area contributed by atoms with E-state index in [0.29, 0.717) is 4.57 Å². The monoisotopic (exact) mass is 302 g/mol. The van der Waals surface area contributed by atoms with Gasteiger partial charge in [0.1, 0.15) is 29.7 Å². The molecule has 1 aromatic heterocycles. The lowest BCUT2D eigenvalue weighted by atomic mass is 10.1. The van der Waals surface area contributed by atoms with E-state index in [1.165, 1.54) is 0 Å². The number of anilines is 1. The smallest absolute Gasteiger partial charge is 0.332 e. The maximum Gasteiger partial charge on any atom is 0.332 e. The van der Waals surface area contributed by atoms with Gasteiger partial charge in [-0.3, -0.25) is 14.6 Å². The third-order valence-corrected chi connectivity index (χ3v) is 3.20. The molecule has 2 rings (SSSR count). The van der Waals surface area contributed by atoms with Gasteiger partial charge in [-0.25, -0.2) is 9.36 Å². The highest BCUT2D eigenvalue weighted by atomic mass is 16.6. The van der Waals surface area contributed by atoms with Crippen molar-refractivity contribution in [3.8, 4) is 0 Å². The van der Waals surface area contributed by atoms with Crippen molar-refractivity contribution in [3.05, 3.63) is 26.4 Å². The largest absolute Gasteiger partial charge is 0.394 e. The first-order valence-electron chi connectivity index (χ1n) is 5.86. The SMILES string of the molecule is NC(=O)c1c(N)n([C@@H]2O[C@H](CO)[C@@H](O)[C@H]2O)c(=O)[nH]c1=O. The third-order valence-electron chi connectivity index (χ3n) is 3.20. The number of nitrogens with one attached hydrogen (secondary N) is 1. The van der Waals surface area contributed by atoms with E-state index < -0.39 is 59.7 Å². The predicted octanol–water partition coefficient (Wildman–Crippen LogP) is -4.17. The number of carbonyl (C=O) groups is 1. The van der Waals surface area contributed by atoms with Crippen LogP contribution >= 0.6 is 0 Å². The van der Waals surface area contributed by atoms with E-state index in [1.807, 2.05) is 4.98 Å². The summed E-state index contributed by atoms with van der Waals surface area (Å²) in [6.07, 6.45) is -5.72. The number of aliphatic hydroxyl groups is 3. The van der Waals surface area contributed by atoms with Crippen molar-refractivity contribution in [3.63, 3.8) is 0 Å². The third kappa shape index (κ3) is 2.31. The zero-order chi connectivity index (χ0) is 15.9. The zero-order valence-corrected chi connectivity index (χ0v) is 10.6. The summed E-state index contributed by atoms with van der Waals surface area (Å²) in [7, 11) is 0. The first-order valence-corrected chi connectivity index (χ1v) is 5.86. The number of primary amides is 1. The summed E-state index contributed by atoms with van der Waals surface area (Å²) in [6.45, 7) is -0.616. The Morgan fingerprint density at radius 2 is 1.95 bits per heavy atom. The van der Waals surface area contributed by atoms with Crippen LogP contribution in [0.2, 0.25) is 0 Å². The first-order chi connectivity index (χ1) is 9.79. The second kappa shape index (κ2) is 5.29. The molecule has 0 aromatic carbocycles. The number of nitrogens with two attached hydrogens (primary N) is 2. The standard InChI is InChI=1S/C10H14N4O7/c11-6-3(7(12)18)8(19)13-10(20)14(6)9-5(17)4(16)2(1-15)21-9/h2,4-5,9,15-17H,1,11H2,(H2,12,18)(H,13,19,20)/t2-,4-,5-,9-/m1/s1. The molecule has 1 amide bonds. The van der Waals surface area contributed by atoms with Crippen LogP contribution in [0, 0.1) is 0 Å². The molecule has 2 heterocycles. The van der Waals surface area contributed by atoms with E-state index in [4.69, 9.17) is 21.3 Å². The van der Waals surface area contributed by atoms with Crippen molar-refractivity contribution in [2.45, 2.75) is 24.5 Å². The summed E-state index contributed by atoms with van der Waals surface area (Å²) < 4.78 is 5.70. The molecule has 1 saturated heterocycles. The summed E-state index contributed by atoms with van der Waals surface area (Å²) in [5, 5.41) is 28.5. The number of H-pyrrole nitrogens is 1. The highest BCUT2D eigenvalue weighted by Gasteiger charge is 2.44. The number of aliphatic hydroxyl groups excluding tert-OH is 3. The minimum Gasteiger partial charge on any atom is -0.394 e. The molecule has 0 spiro atoms. The Balaban J connectivity index is 2.60. The molecule has 0 radical (unpaired) electrons. The number of carbonyl (C=O) groups excluding carboxylic acids is 1. The van der Waals surface area contributed by atoms with Gasteiger partial charge in [0.25, 0.3) is 11.5 Å². The number of hydrogen-bond donors (Lipinski definition) is 6. The van der Waals surface area contributed by atoms with Gasteiger partial charge in [-0.1, -0.05) is 0 Å². The summed E-state index contributed by atoms with van der Waals surface area (Å²) in [6, 6.07) is 0. The van der Waals surface area contributed by atoms with Gasteiger partial charge < -0.3 is 31.5 Å². The number of aromatic amines is 1. The van der Waals surface area contributed by atoms with Crippen molar-refractivity contribution in [2.24, 2.45) is 5.73 Å². The zero-order valence-electron chi connectivity index (χ0n) is 10.6. The number of hydrogen-bond acceptors (Lipinski definition) is 8. The maximum absolute atomic E-state index is 11.8. The van der Waals surface area contributed by atoms with E-state index in [0.717, 1.165) is 0 Å². The second-order valence-electron chi connectivity index (χ2n) is 4.48. The molecule has 1 fully saturated rings. The molecule has 0 aliphatic carbocycles. The topological polar surface area (TPSA) is 194 Å². The van der Waals surface area contributed by atoms with Crippen molar-refractivity contribution in [1.82, 2.24) is 9.55 Å². The number of nitrogen functional groups attached to an aromatic ring is 1. The van der Waals surface area contributed by atoms with Crippen LogP contribution in [0.25, 0.3) is 0 Å². The predicted molar refractivity (Wildman–Crippen MR) is 67.3 cm³/mol. The van der Waals surface area contributed by atoms with Crippen LogP contribution in [0.1, 0.15) is 16.6 Å². The number of aromatic nitrogens is 2. The fourth-order valence-electron chi connectivity index (χ4n) is 2.15. The van der Waals surface area contributed by atoms with Gasteiger partial charge in [0.05, 0.1) is 6.61 Å². The average Bonchev–Trinajstić information content (AvgIpc) is 2.65. The summed E-state index contributed by atoms with van der Waals surface area (Å²) in [5.41, 5.74) is 7.76. The summed E-state index contributed by atoms with van der Waals surface area (Å²) in [5.74, 6) is -1.78. The maximum atomic E-state index is 11.8. The Labute approximate surface area is 116 Å². The normalized spacial score (nSPS) is 28.7. The number of ether oxygens (including phenoxy) is 1. The minimum absolute atomic E-state index is 0.588. The Morgan fingerprint density at radius 1 is 1.33 bits per heavy atom. The van der Waals surface area contributed by atoms with Crippen molar-refractivity contribution < 1.29 is 24.9 Å². The van der Waals surface area contributed by atoms with E-state index in [2.05, 4.69) is 0 Å². The minimum atomic E-state index is -1.60. The van der Waals surface area contributed by atoms with Crippen LogP contribution in [-0.2, 0) is 4.74 Å². The van der Waals surface area contributed by atoms with E-state index >= 15 is 0 Å². The van der Waals surface area contributed by atoms with Crippen LogP contribution in [-0.4, -0.2) is 55.7 Å². The van der Waals surface area contributed by atoms with Crippen molar-refractivity contribution in [2.75, 3.05) is 12.3 Å². The van der Waals surface area contributed by atoms with Crippen LogP contribution in [0.3, 0.4) is 0 Å². The second-order valence-corrected chi connectivity index (χ2v) is 4.48. The lowest BCUT2D eigenvalue weighted by Gasteiger charge is -2.20. The van der Waals surface area contributed by atoms with Crippen molar-refractivity contribution >= 4 is 11.7 Å². The Kier molecular flexibility index (Phi) is 3.82. The van der Waals surface area contributed by atoms with E-state index in [1.54, 1.807) is 0 Å². The molecule has 116 valence electrons. The molecular weight excluding hydrogens is 288 g/mol. The van der Waals surface area contributed by atoms with Crippen LogP contribution in [0.5, 0.6) is 0 Å². The summed E-state index contributed by atoms with van der Waals surface area (Å²) >= 11 is 0. The van der Waals surface area contributed by atoms with Gasteiger partial charge in [0, 0.05) is 0 Å². The number of nitrogens with zero attached hydrogens (tertiary/aromatic N) is 1. The Morgan fingerprint density at radius 3 is 2.43 bits per heavy atom. The lowest BCUT2D eigenvalue weighted by molar-refractivity contribution is -0.0539. The average molecular weight is 302 g/mol. The van der Waals surface area contributed by atoms with Gasteiger partial charge >= 0.3 is 5.69 Å². The molecule has 11 heteroatoms. The summed E-state index contributed by atoms with van der Waals surface area (Å²) in [4.78, 5) is 36.3. The Hall–Kier alpha value is -2.21. The first kappa shape index (κ1) is 15.2. The van der Waals surface area contributed by atoms with Gasteiger partial charge in [-0.2, -0.15) is 0 Å². The molecule has 8 N–H and O–H groups in total.